The number of para-hydroxylation sites is 2. The first-order valence-electron chi connectivity index (χ1n) is 12.6. The van der Waals surface area contributed by atoms with Crippen LogP contribution in [0.1, 0.15) is 44.7 Å². The lowest BCUT2D eigenvalue weighted by molar-refractivity contribution is -0.141. The summed E-state index contributed by atoms with van der Waals surface area (Å²) < 4.78 is 40.0. The van der Waals surface area contributed by atoms with Gasteiger partial charge in [-0.1, -0.05) is 51.1 Å². The number of alkyl halides is 3. The summed E-state index contributed by atoms with van der Waals surface area (Å²) in [5.74, 6) is -3.72. The number of carbonyl (C=O) groups is 4. The Balaban J connectivity index is 1.57. The van der Waals surface area contributed by atoms with Gasteiger partial charge in [-0.15, -0.1) is 0 Å². The number of rotatable bonds is 4. The number of fused-ring (bicyclic) bond motifs is 2. The van der Waals surface area contributed by atoms with E-state index in [2.05, 4.69) is 16.7 Å². The maximum atomic E-state index is 13.8. The molecule has 0 bridgehead atoms. The number of benzene rings is 2. The normalized spacial score (nSPS) is 20.9. The molecule has 2 aromatic rings. The number of anilines is 2. The average Bonchev–Trinajstić information content (AvgIpc) is 3.40. The topological polar surface area (TPSA) is 131 Å². The molecule has 0 aliphatic carbocycles. The molecule has 210 valence electrons. The summed E-state index contributed by atoms with van der Waals surface area (Å²) >= 11 is 0. The number of nitrogens with one attached hydrogen (secondary N) is 3. The Morgan fingerprint density at radius 1 is 1.10 bits per heavy atom. The number of hydrogen-bond acceptors (Lipinski definition) is 5. The molecular formula is C28H28F3N5O4. The first-order chi connectivity index (χ1) is 18.7. The SMILES string of the molecule is CC(C)(C)C[C@H](NC(=O)C(=O)Nc1ccccc1C(F)(F)F)C(=O)N1C[C@]2(CC1C#N)C(=O)Nc1ccccc12. The van der Waals surface area contributed by atoms with Crippen molar-refractivity contribution in [1.82, 2.24) is 10.2 Å². The zero-order chi connectivity index (χ0) is 29.5. The van der Waals surface area contributed by atoms with Crippen LogP contribution in [-0.4, -0.2) is 47.2 Å². The van der Waals surface area contributed by atoms with E-state index in [1.807, 2.05) is 5.32 Å². The van der Waals surface area contributed by atoms with Crippen molar-refractivity contribution in [2.75, 3.05) is 17.2 Å². The molecule has 1 unspecified atom stereocenters. The molecule has 2 aromatic carbocycles. The van der Waals surface area contributed by atoms with E-state index in [1.54, 1.807) is 45.0 Å². The van der Waals surface area contributed by atoms with Crippen molar-refractivity contribution in [3.63, 3.8) is 0 Å². The Hall–Kier alpha value is -4.40. The van der Waals surface area contributed by atoms with Crippen LogP contribution < -0.4 is 16.0 Å². The molecule has 1 spiro atoms. The third kappa shape index (κ3) is 5.50. The van der Waals surface area contributed by atoms with Crippen molar-refractivity contribution >= 4 is 35.0 Å². The fourth-order valence-corrected chi connectivity index (χ4v) is 5.24. The van der Waals surface area contributed by atoms with Crippen molar-refractivity contribution in [1.29, 1.82) is 5.26 Å². The van der Waals surface area contributed by atoms with E-state index in [1.165, 1.54) is 11.0 Å². The lowest BCUT2D eigenvalue weighted by Crippen LogP contribution is -2.53. The summed E-state index contributed by atoms with van der Waals surface area (Å²) in [5.41, 5.74) is -2.17. The van der Waals surface area contributed by atoms with Gasteiger partial charge in [0, 0.05) is 18.7 Å². The lowest BCUT2D eigenvalue weighted by atomic mass is 9.80. The van der Waals surface area contributed by atoms with Gasteiger partial charge in [-0.05, 0) is 35.6 Å². The first-order valence-corrected chi connectivity index (χ1v) is 12.6. The Kier molecular flexibility index (Phi) is 7.36. The minimum Gasteiger partial charge on any atom is -0.336 e. The van der Waals surface area contributed by atoms with Crippen LogP contribution in [-0.2, 0) is 30.8 Å². The number of nitrogens with zero attached hydrogens (tertiary/aromatic N) is 2. The summed E-state index contributed by atoms with van der Waals surface area (Å²) in [6.07, 6.45) is -4.67. The van der Waals surface area contributed by atoms with Gasteiger partial charge in [0.25, 0.3) is 0 Å². The number of hydrogen-bond donors (Lipinski definition) is 3. The van der Waals surface area contributed by atoms with Crippen LogP contribution in [0.2, 0.25) is 0 Å². The zero-order valence-electron chi connectivity index (χ0n) is 22.1. The van der Waals surface area contributed by atoms with Crippen LogP contribution in [0.25, 0.3) is 0 Å². The zero-order valence-corrected chi connectivity index (χ0v) is 22.1. The molecule has 12 heteroatoms. The highest BCUT2D eigenvalue weighted by Crippen LogP contribution is 2.46. The molecule has 2 aliphatic rings. The Morgan fingerprint density at radius 2 is 1.75 bits per heavy atom. The summed E-state index contributed by atoms with van der Waals surface area (Å²) in [5, 5.41) is 17.0. The predicted octanol–water partition coefficient (Wildman–Crippen LogP) is 3.58. The predicted molar refractivity (Wildman–Crippen MR) is 139 cm³/mol. The van der Waals surface area contributed by atoms with Crippen molar-refractivity contribution in [3.05, 3.63) is 59.7 Å². The second-order valence-corrected chi connectivity index (χ2v) is 11.2. The second kappa shape index (κ2) is 10.3. The quantitative estimate of drug-likeness (QED) is 0.497. The van der Waals surface area contributed by atoms with Gasteiger partial charge >= 0.3 is 18.0 Å². The van der Waals surface area contributed by atoms with Crippen LogP contribution in [0, 0.1) is 16.7 Å². The largest absolute Gasteiger partial charge is 0.418 e. The van der Waals surface area contributed by atoms with Gasteiger partial charge in [0.05, 0.1) is 22.7 Å². The molecule has 0 saturated carbocycles. The Labute approximate surface area is 228 Å². The summed E-state index contributed by atoms with van der Waals surface area (Å²) in [6.45, 7) is 5.28. The third-order valence-electron chi connectivity index (χ3n) is 7.02. The molecule has 3 N–H and O–H groups in total. The van der Waals surface area contributed by atoms with Gasteiger partial charge in [-0.25, -0.2) is 0 Å². The van der Waals surface area contributed by atoms with E-state index < -0.39 is 58.1 Å². The highest BCUT2D eigenvalue weighted by atomic mass is 19.4. The Morgan fingerprint density at radius 3 is 2.40 bits per heavy atom. The third-order valence-corrected chi connectivity index (χ3v) is 7.02. The molecule has 1 fully saturated rings. The standard InChI is InChI=1S/C28H28F3N5O4/c1-26(2,3)13-21(34-23(38)22(37)33-20-11-7-5-9-18(20)28(29,30)31)24(39)36-15-27(12-16(36)14-32)17-8-4-6-10-19(17)35-25(27)40/h4-11,16,21H,12-13,15H2,1-3H3,(H,33,37)(H,34,38)(H,35,40)/t16?,21-,27-/m0/s1. The minimum absolute atomic E-state index is 0.0446. The van der Waals surface area contributed by atoms with Crippen LogP contribution in [0.3, 0.4) is 0 Å². The van der Waals surface area contributed by atoms with Crippen molar-refractivity contribution in [2.24, 2.45) is 5.41 Å². The second-order valence-electron chi connectivity index (χ2n) is 11.2. The molecule has 0 radical (unpaired) electrons. The van der Waals surface area contributed by atoms with E-state index in [0.717, 1.165) is 18.2 Å². The van der Waals surface area contributed by atoms with Crippen LogP contribution in [0.5, 0.6) is 0 Å². The highest BCUT2D eigenvalue weighted by molar-refractivity contribution is 6.40. The highest BCUT2D eigenvalue weighted by Gasteiger charge is 2.56. The smallest absolute Gasteiger partial charge is 0.336 e. The molecule has 2 aliphatic heterocycles. The van der Waals surface area contributed by atoms with Gasteiger partial charge in [-0.3, -0.25) is 19.2 Å². The first kappa shape index (κ1) is 28.6. The molecule has 2 heterocycles. The maximum absolute atomic E-state index is 13.8. The van der Waals surface area contributed by atoms with Gasteiger partial charge in [0.1, 0.15) is 12.1 Å². The number of halogens is 3. The Bertz CT molecular complexity index is 1410. The molecule has 40 heavy (non-hydrogen) atoms. The van der Waals surface area contributed by atoms with E-state index in [4.69, 9.17) is 0 Å². The monoisotopic (exact) mass is 555 g/mol. The van der Waals surface area contributed by atoms with Crippen LogP contribution >= 0.6 is 0 Å². The fraction of sp³-hybridized carbons (Fsp3) is 0.393. The van der Waals surface area contributed by atoms with Gasteiger partial charge in [-0.2, -0.15) is 18.4 Å². The number of carbonyl (C=O) groups excluding carboxylic acids is 4. The van der Waals surface area contributed by atoms with Gasteiger partial charge in [0.15, 0.2) is 0 Å². The summed E-state index contributed by atoms with van der Waals surface area (Å²) in [4.78, 5) is 53.6. The molecule has 4 amide bonds. The lowest BCUT2D eigenvalue weighted by Gasteiger charge is -2.31. The average molecular weight is 556 g/mol. The molecule has 9 nitrogen and oxygen atoms in total. The summed E-state index contributed by atoms with van der Waals surface area (Å²) in [7, 11) is 0. The molecule has 1 saturated heterocycles. The van der Waals surface area contributed by atoms with E-state index in [9.17, 15) is 37.6 Å². The van der Waals surface area contributed by atoms with Crippen LogP contribution in [0.15, 0.2) is 48.5 Å². The number of likely N-dealkylation sites (tertiary alicyclic amines) is 1. The van der Waals surface area contributed by atoms with E-state index in [-0.39, 0.29) is 25.3 Å². The fourth-order valence-electron chi connectivity index (χ4n) is 5.24. The van der Waals surface area contributed by atoms with Crippen molar-refractivity contribution in [3.8, 4) is 6.07 Å². The molecule has 0 aromatic heterocycles. The van der Waals surface area contributed by atoms with E-state index in [0.29, 0.717) is 11.3 Å². The minimum atomic E-state index is -4.77. The van der Waals surface area contributed by atoms with Crippen LogP contribution in [0.4, 0.5) is 24.5 Å². The van der Waals surface area contributed by atoms with Crippen molar-refractivity contribution < 1.29 is 32.3 Å². The summed E-state index contributed by atoms with van der Waals surface area (Å²) in [6, 6.07) is 11.0. The molecular weight excluding hydrogens is 527 g/mol. The number of nitriles is 1. The molecule has 4 rings (SSSR count). The molecule has 3 atom stereocenters. The van der Waals surface area contributed by atoms with Gasteiger partial charge < -0.3 is 20.9 Å². The van der Waals surface area contributed by atoms with Gasteiger partial charge in [0.2, 0.25) is 11.8 Å². The van der Waals surface area contributed by atoms with Crippen molar-refractivity contribution in [2.45, 2.75) is 57.3 Å². The number of amides is 4. The van der Waals surface area contributed by atoms with E-state index >= 15 is 0 Å². The maximum Gasteiger partial charge on any atom is 0.418 e.